The Morgan fingerprint density at radius 3 is 2.37 bits per heavy atom. The minimum atomic E-state index is -4.11. The van der Waals surface area contributed by atoms with E-state index in [0.717, 1.165) is 0 Å². The van der Waals surface area contributed by atoms with E-state index in [2.05, 4.69) is 5.09 Å². The van der Waals surface area contributed by atoms with Gasteiger partial charge in [0.25, 0.3) is 5.69 Å². The van der Waals surface area contributed by atoms with Crippen molar-refractivity contribution in [1.29, 1.82) is 0 Å². The summed E-state index contributed by atoms with van der Waals surface area (Å²) in [6.45, 7) is 2.30. The van der Waals surface area contributed by atoms with Crippen molar-refractivity contribution in [3.63, 3.8) is 0 Å². The van der Waals surface area contributed by atoms with Crippen molar-refractivity contribution < 1.29 is 32.8 Å². The van der Waals surface area contributed by atoms with Crippen LogP contribution in [0.5, 0.6) is 11.5 Å². The summed E-state index contributed by atoms with van der Waals surface area (Å²) in [5.74, 6) is -0.313. The molecule has 1 aliphatic heterocycles. The molecule has 2 aromatic carbocycles. The first-order chi connectivity index (χ1) is 14.3. The van der Waals surface area contributed by atoms with Crippen LogP contribution in [0.15, 0.2) is 54.6 Å². The van der Waals surface area contributed by atoms with E-state index in [-0.39, 0.29) is 23.3 Å². The van der Waals surface area contributed by atoms with E-state index in [4.69, 9.17) is 18.5 Å². The summed E-state index contributed by atoms with van der Waals surface area (Å²) >= 11 is 0. The van der Waals surface area contributed by atoms with Crippen LogP contribution in [0.2, 0.25) is 0 Å². The van der Waals surface area contributed by atoms with E-state index in [9.17, 15) is 19.5 Å². The Kier molecular flexibility index (Phi) is 7.04. The summed E-state index contributed by atoms with van der Waals surface area (Å²) in [7, 11) is -4.11. The molecule has 160 valence electrons. The van der Waals surface area contributed by atoms with Crippen LogP contribution >= 0.6 is 7.75 Å². The molecule has 1 heterocycles. The zero-order chi connectivity index (χ0) is 21.6. The topological polar surface area (TPSA) is 126 Å². The molecule has 1 saturated heterocycles. The maximum atomic E-state index is 13.4. The first-order valence-electron chi connectivity index (χ1n) is 9.19. The first kappa shape index (κ1) is 21.8. The molecule has 3 atom stereocenters. The summed E-state index contributed by atoms with van der Waals surface area (Å²) in [5, 5.41) is 13.4. The highest BCUT2D eigenvalue weighted by atomic mass is 31.2. The lowest BCUT2D eigenvalue weighted by atomic mass is 10.3. The van der Waals surface area contributed by atoms with Crippen LogP contribution < -0.4 is 14.1 Å². The Morgan fingerprint density at radius 2 is 1.80 bits per heavy atom. The van der Waals surface area contributed by atoms with E-state index in [1.807, 2.05) is 0 Å². The van der Waals surface area contributed by atoms with Gasteiger partial charge in [-0.25, -0.2) is 4.57 Å². The third kappa shape index (κ3) is 6.03. The van der Waals surface area contributed by atoms with Crippen molar-refractivity contribution in [1.82, 2.24) is 5.09 Å². The number of esters is 1. The molecule has 2 aromatic rings. The van der Waals surface area contributed by atoms with Gasteiger partial charge in [0.2, 0.25) is 0 Å². The largest absolute Gasteiger partial charge is 0.513 e. The highest BCUT2D eigenvalue weighted by molar-refractivity contribution is 7.52. The number of hydrogen-bond donors (Lipinski definition) is 1. The van der Waals surface area contributed by atoms with Crippen LogP contribution in [0.4, 0.5) is 5.69 Å². The standard InChI is InChI=1S/C19H21N2O8P/c1-14(19(22)27-18-11-12-26-13-18)20-30(25,28-16-5-3-2-4-6-16)29-17-9-7-15(8-10-17)21(23)24/h2-10,14,18H,11-13H2,1H3,(H,20,25)/t14-,18+,30?/m0/s1. The number of carbonyl (C=O) groups excluding carboxylic acids is 1. The predicted molar refractivity (Wildman–Crippen MR) is 106 cm³/mol. The smallest absolute Gasteiger partial charge is 0.459 e. The van der Waals surface area contributed by atoms with Gasteiger partial charge in [-0.1, -0.05) is 18.2 Å². The zero-order valence-corrected chi connectivity index (χ0v) is 17.0. The van der Waals surface area contributed by atoms with Gasteiger partial charge in [-0.05, 0) is 31.2 Å². The molecule has 11 heteroatoms. The lowest BCUT2D eigenvalue weighted by Crippen LogP contribution is -2.37. The average molecular weight is 436 g/mol. The Balaban J connectivity index is 1.75. The Hall–Kier alpha value is -2.94. The van der Waals surface area contributed by atoms with Gasteiger partial charge in [0.15, 0.2) is 0 Å². The molecule has 30 heavy (non-hydrogen) atoms. The van der Waals surface area contributed by atoms with Crippen molar-refractivity contribution >= 4 is 19.4 Å². The molecule has 1 N–H and O–H groups in total. The van der Waals surface area contributed by atoms with Gasteiger partial charge >= 0.3 is 13.7 Å². The van der Waals surface area contributed by atoms with Crippen molar-refractivity contribution in [2.75, 3.05) is 13.2 Å². The molecule has 1 unspecified atom stereocenters. The van der Waals surface area contributed by atoms with E-state index >= 15 is 0 Å². The fourth-order valence-electron chi connectivity index (χ4n) is 2.62. The number of ether oxygens (including phenoxy) is 2. The first-order valence-corrected chi connectivity index (χ1v) is 10.7. The van der Waals surface area contributed by atoms with Gasteiger partial charge in [-0.3, -0.25) is 14.9 Å². The molecule has 0 aromatic heterocycles. The van der Waals surface area contributed by atoms with Crippen LogP contribution in [0.25, 0.3) is 0 Å². The summed E-state index contributed by atoms with van der Waals surface area (Å²) in [4.78, 5) is 22.6. The summed E-state index contributed by atoms with van der Waals surface area (Å²) in [5.41, 5.74) is -0.148. The third-order valence-electron chi connectivity index (χ3n) is 4.12. The maximum absolute atomic E-state index is 13.4. The van der Waals surface area contributed by atoms with Gasteiger partial charge in [-0.15, -0.1) is 0 Å². The van der Waals surface area contributed by atoms with Crippen molar-refractivity contribution in [3.05, 3.63) is 64.7 Å². The van der Waals surface area contributed by atoms with Crippen LogP contribution in [0.3, 0.4) is 0 Å². The number of nitro benzene ring substituents is 1. The lowest BCUT2D eigenvalue weighted by Gasteiger charge is -2.23. The van der Waals surface area contributed by atoms with E-state index in [1.165, 1.54) is 31.2 Å². The molecule has 3 rings (SSSR count). The molecular weight excluding hydrogens is 415 g/mol. The zero-order valence-electron chi connectivity index (χ0n) is 16.1. The number of nitro groups is 1. The summed E-state index contributed by atoms with van der Waals surface area (Å²) in [6, 6.07) is 12.3. The molecule has 0 aliphatic carbocycles. The van der Waals surface area contributed by atoms with Crippen LogP contribution in [-0.4, -0.2) is 36.3 Å². The molecule has 0 radical (unpaired) electrons. The van der Waals surface area contributed by atoms with Gasteiger partial charge in [0.05, 0.1) is 18.1 Å². The Labute approximate surface area is 172 Å². The number of para-hydroxylation sites is 1. The molecule has 0 spiro atoms. The molecule has 0 saturated carbocycles. The van der Waals surface area contributed by atoms with Gasteiger partial charge < -0.3 is 18.5 Å². The number of non-ortho nitro benzene ring substituents is 1. The van der Waals surface area contributed by atoms with Crippen molar-refractivity contribution in [2.24, 2.45) is 0 Å². The fourth-order valence-corrected chi connectivity index (χ4v) is 4.14. The maximum Gasteiger partial charge on any atom is 0.513 e. The highest BCUT2D eigenvalue weighted by Gasteiger charge is 2.35. The lowest BCUT2D eigenvalue weighted by molar-refractivity contribution is -0.384. The second-order valence-electron chi connectivity index (χ2n) is 6.52. The predicted octanol–water partition coefficient (Wildman–Crippen LogP) is 3.47. The van der Waals surface area contributed by atoms with Crippen LogP contribution in [0.1, 0.15) is 13.3 Å². The number of nitrogens with zero attached hydrogens (tertiary/aromatic N) is 1. The molecular formula is C19H21N2O8P. The summed E-state index contributed by atoms with van der Waals surface area (Å²) < 4.78 is 34.9. The molecule has 10 nitrogen and oxygen atoms in total. The van der Waals surface area contributed by atoms with E-state index < -0.39 is 24.7 Å². The minimum Gasteiger partial charge on any atom is -0.459 e. The SMILES string of the molecule is C[C@H](NP(=O)(Oc1ccccc1)Oc1ccc([N+](=O)[O-])cc1)C(=O)O[C@@H]1CCOC1. The highest BCUT2D eigenvalue weighted by Crippen LogP contribution is 2.45. The Bertz CT molecular complexity index is 916. The number of rotatable bonds is 9. The third-order valence-corrected chi connectivity index (χ3v) is 5.72. The van der Waals surface area contributed by atoms with Crippen LogP contribution in [-0.2, 0) is 18.8 Å². The van der Waals surface area contributed by atoms with Gasteiger partial charge in [0, 0.05) is 18.6 Å². The van der Waals surface area contributed by atoms with Gasteiger partial charge in [-0.2, -0.15) is 5.09 Å². The average Bonchev–Trinajstić information content (AvgIpc) is 3.22. The molecule has 0 bridgehead atoms. The second kappa shape index (κ2) is 9.71. The van der Waals surface area contributed by atoms with Crippen molar-refractivity contribution in [2.45, 2.75) is 25.5 Å². The number of carbonyl (C=O) groups is 1. The van der Waals surface area contributed by atoms with Crippen LogP contribution in [0, 0.1) is 10.1 Å². The van der Waals surface area contributed by atoms with Crippen molar-refractivity contribution in [3.8, 4) is 11.5 Å². The van der Waals surface area contributed by atoms with E-state index in [0.29, 0.717) is 19.6 Å². The fraction of sp³-hybridized carbons (Fsp3) is 0.316. The minimum absolute atomic E-state index is 0.0668. The molecule has 1 aliphatic rings. The number of hydrogen-bond acceptors (Lipinski definition) is 8. The van der Waals surface area contributed by atoms with E-state index in [1.54, 1.807) is 30.3 Å². The second-order valence-corrected chi connectivity index (χ2v) is 8.14. The number of nitrogens with one attached hydrogen (secondary N) is 1. The number of benzene rings is 2. The molecule has 0 amide bonds. The Morgan fingerprint density at radius 1 is 1.17 bits per heavy atom. The quantitative estimate of drug-likeness (QED) is 0.272. The molecule has 1 fully saturated rings. The normalized spacial score (nSPS) is 18.8. The summed E-state index contributed by atoms with van der Waals surface area (Å²) in [6.07, 6.45) is 0.238. The van der Waals surface area contributed by atoms with Gasteiger partial charge in [0.1, 0.15) is 23.6 Å². The monoisotopic (exact) mass is 436 g/mol.